The van der Waals surface area contributed by atoms with Gasteiger partial charge in [-0.1, -0.05) is 0 Å². The SMILES string of the molecule is Cc1cc(O)cc(O)c1C(=O)NNC(=O)C(O)c1cc(F)cc(F)c1. The summed E-state index contributed by atoms with van der Waals surface area (Å²) < 4.78 is 26.2. The Bertz CT molecular complexity index is 798. The van der Waals surface area contributed by atoms with Crippen LogP contribution in [0.5, 0.6) is 11.5 Å². The van der Waals surface area contributed by atoms with Crippen molar-refractivity contribution in [1.29, 1.82) is 0 Å². The molecule has 0 saturated carbocycles. The third kappa shape index (κ3) is 4.21. The first kappa shape index (κ1) is 18.1. The number of benzene rings is 2. The number of nitrogens with one attached hydrogen (secondary N) is 2. The third-order valence-electron chi connectivity index (χ3n) is 3.27. The van der Waals surface area contributed by atoms with Crippen LogP contribution in [0.2, 0.25) is 0 Å². The van der Waals surface area contributed by atoms with Crippen molar-refractivity contribution in [3.8, 4) is 11.5 Å². The van der Waals surface area contributed by atoms with Crippen molar-refractivity contribution in [3.63, 3.8) is 0 Å². The molecule has 0 spiro atoms. The molecular formula is C16H14F2N2O5. The van der Waals surface area contributed by atoms with Crippen LogP contribution in [-0.2, 0) is 4.79 Å². The Morgan fingerprint density at radius 1 is 1.00 bits per heavy atom. The van der Waals surface area contributed by atoms with E-state index in [0.717, 1.165) is 18.2 Å². The molecule has 0 aliphatic carbocycles. The molecule has 9 heteroatoms. The van der Waals surface area contributed by atoms with Gasteiger partial charge in [-0.3, -0.25) is 20.4 Å². The summed E-state index contributed by atoms with van der Waals surface area (Å²) in [6.07, 6.45) is -1.93. The van der Waals surface area contributed by atoms with E-state index in [4.69, 9.17) is 0 Å². The van der Waals surface area contributed by atoms with E-state index >= 15 is 0 Å². The number of aliphatic hydroxyl groups excluding tert-OH is 1. The Morgan fingerprint density at radius 2 is 1.60 bits per heavy atom. The van der Waals surface area contributed by atoms with Gasteiger partial charge in [-0.2, -0.15) is 0 Å². The maximum absolute atomic E-state index is 13.1. The monoisotopic (exact) mass is 352 g/mol. The van der Waals surface area contributed by atoms with E-state index in [1.54, 1.807) is 0 Å². The van der Waals surface area contributed by atoms with Crippen molar-refractivity contribution in [2.24, 2.45) is 0 Å². The van der Waals surface area contributed by atoms with Gasteiger partial charge in [0, 0.05) is 12.1 Å². The number of aromatic hydroxyl groups is 2. The van der Waals surface area contributed by atoms with E-state index in [9.17, 15) is 33.7 Å². The van der Waals surface area contributed by atoms with Crippen molar-refractivity contribution < 1.29 is 33.7 Å². The summed E-state index contributed by atoms with van der Waals surface area (Å²) in [7, 11) is 0. The predicted molar refractivity (Wildman–Crippen MR) is 81.4 cm³/mol. The number of carbonyl (C=O) groups excluding carboxylic acids is 2. The fourth-order valence-electron chi connectivity index (χ4n) is 2.18. The summed E-state index contributed by atoms with van der Waals surface area (Å²) in [5, 5.41) is 28.8. The number of halogens is 2. The fraction of sp³-hybridized carbons (Fsp3) is 0.125. The van der Waals surface area contributed by atoms with Crippen LogP contribution in [0.3, 0.4) is 0 Å². The summed E-state index contributed by atoms with van der Waals surface area (Å²) in [6, 6.07) is 4.28. The Morgan fingerprint density at radius 3 is 2.16 bits per heavy atom. The van der Waals surface area contributed by atoms with E-state index in [0.29, 0.717) is 6.07 Å². The second kappa shape index (κ2) is 7.14. The Hall–Kier alpha value is -3.20. The number of carbonyl (C=O) groups is 2. The number of amides is 2. The van der Waals surface area contributed by atoms with E-state index in [1.807, 2.05) is 10.9 Å². The fourth-order valence-corrected chi connectivity index (χ4v) is 2.18. The van der Waals surface area contributed by atoms with Crippen LogP contribution in [0.4, 0.5) is 8.78 Å². The molecule has 0 bridgehead atoms. The van der Waals surface area contributed by atoms with Crippen molar-refractivity contribution in [2.45, 2.75) is 13.0 Å². The highest BCUT2D eigenvalue weighted by Gasteiger charge is 2.21. The summed E-state index contributed by atoms with van der Waals surface area (Å²) in [5.74, 6) is -4.78. The van der Waals surface area contributed by atoms with Crippen LogP contribution < -0.4 is 10.9 Å². The summed E-state index contributed by atoms with van der Waals surface area (Å²) >= 11 is 0. The highest BCUT2D eigenvalue weighted by atomic mass is 19.1. The summed E-state index contributed by atoms with van der Waals surface area (Å²) in [4.78, 5) is 23.8. The topological polar surface area (TPSA) is 119 Å². The van der Waals surface area contributed by atoms with Crippen molar-refractivity contribution in [1.82, 2.24) is 10.9 Å². The van der Waals surface area contributed by atoms with Gasteiger partial charge in [0.05, 0.1) is 5.56 Å². The first-order valence-electron chi connectivity index (χ1n) is 6.96. The van der Waals surface area contributed by atoms with Crippen molar-refractivity contribution >= 4 is 11.8 Å². The van der Waals surface area contributed by atoms with Gasteiger partial charge in [0.1, 0.15) is 23.1 Å². The molecule has 0 fully saturated rings. The predicted octanol–water partition coefficient (Wildman–Crippen LogP) is 1.18. The van der Waals surface area contributed by atoms with Gasteiger partial charge in [0.2, 0.25) is 0 Å². The van der Waals surface area contributed by atoms with Gasteiger partial charge in [-0.05, 0) is 36.2 Å². The largest absolute Gasteiger partial charge is 0.508 e. The lowest BCUT2D eigenvalue weighted by Crippen LogP contribution is -2.44. The molecule has 0 radical (unpaired) electrons. The van der Waals surface area contributed by atoms with E-state index in [2.05, 4.69) is 0 Å². The van der Waals surface area contributed by atoms with E-state index < -0.39 is 35.3 Å². The molecule has 1 atom stereocenters. The van der Waals surface area contributed by atoms with Gasteiger partial charge < -0.3 is 15.3 Å². The Balaban J connectivity index is 2.08. The van der Waals surface area contributed by atoms with Gasteiger partial charge >= 0.3 is 0 Å². The molecule has 2 aromatic carbocycles. The second-order valence-corrected chi connectivity index (χ2v) is 5.21. The van der Waals surface area contributed by atoms with Gasteiger partial charge in [-0.25, -0.2) is 8.78 Å². The van der Waals surface area contributed by atoms with E-state index in [-0.39, 0.29) is 22.4 Å². The standard InChI is InChI=1S/C16H14F2N2O5/c1-7-2-11(21)6-12(22)13(7)15(24)19-20-16(25)14(23)8-3-9(17)5-10(18)4-8/h2-6,14,21-23H,1H3,(H,19,24)(H,20,25). The lowest BCUT2D eigenvalue weighted by molar-refractivity contribution is -0.130. The zero-order valence-electron chi connectivity index (χ0n) is 12.9. The van der Waals surface area contributed by atoms with Crippen molar-refractivity contribution in [2.75, 3.05) is 0 Å². The number of aliphatic hydroxyl groups is 1. The number of hydrogen-bond acceptors (Lipinski definition) is 5. The maximum atomic E-state index is 13.1. The number of hydrogen-bond donors (Lipinski definition) is 5. The van der Waals surface area contributed by atoms with Gasteiger partial charge in [0.15, 0.2) is 6.10 Å². The zero-order valence-corrected chi connectivity index (χ0v) is 12.9. The van der Waals surface area contributed by atoms with Crippen LogP contribution in [0.1, 0.15) is 27.6 Å². The molecule has 0 aliphatic rings. The minimum Gasteiger partial charge on any atom is -0.508 e. The average Bonchev–Trinajstić information content (AvgIpc) is 2.49. The maximum Gasteiger partial charge on any atom is 0.273 e. The summed E-state index contributed by atoms with van der Waals surface area (Å²) in [5.41, 5.74) is 3.52. The van der Waals surface area contributed by atoms with Crippen LogP contribution in [0, 0.1) is 18.6 Å². The van der Waals surface area contributed by atoms with Gasteiger partial charge in [-0.15, -0.1) is 0 Å². The molecule has 2 amide bonds. The lowest BCUT2D eigenvalue weighted by atomic mass is 10.1. The molecule has 2 aromatic rings. The average molecular weight is 352 g/mol. The number of phenolic OH excluding ortho intramolecular Hbond substituents is 2. The van der Waals surface area contributed by atoms with Crippen LogP contribution >= 0.6 is 0 Å². The quantitative estimate of drug-likeness (QED) is 0.532. The zero-order chi connectivity index (χ0) is 18.7. The molecule has 25 heavy (non-hydrogen) atoms. The molecule has 0 aliphatic heterocycles. The van der Waals surface area contributed by atoms with Crippen LogP contribution in [0.25, 0.3) is 0 Å². The number of rotatable bonds is 3. The Kier molecular flexibility index (Phi) is 5.18. The molecule has 7 nitrogen and oxygen atoms in total. The van der Waals surface area contributed by atoms with Crippen molar-refractivity contribution in [3.05, 3.63) is 58.7 Å². The second-order valence-electron chi connectivity index (χ2n) is 5.21. The molecule has 0 aromatic heterocycles. The third-order valence-corrected chi connectivity index (χ3v) is 3.27. The summed E-state index contributed by atoms with van der Waals surface area (Å²) in [6.45, 7) is 1.44. The molecule has 5 N–H and O–H groups in total. The first-order chi connectivity index (χ1) is 11.7. The highest BCUT2D eigenvalue weighted by molar-refractivity contribution is 5.99. The normalized spacial score (nSPS) is 11.7. The molecule has 0 saturated heterocycles. The number of hydrazine groups is 1. The van der Waals surface area contributed by atoms with Crippen LogP contribution in [-0.4, -0.2) is 27.1 Å². The number of phenols is 2. The number of aryl methyl sites for hydroxylation is 1. The Labute approximate surface area is 140 Å². The molecule has 1 unspecified atom stereocenters. The van der Waals surface area contributed by atoms with E-state index in [1.165, 1.54) is 13.0 Å². The molecular weight excluding hydrogens is 338 g/mol. The smallest absolute Gasteiger partial charge is 0.273 e. The highest BCUT2D eigenvalue weighted by Crippen LogP contribution is 2.26. The minimum absolute atomic E-state index is 0.204. The molecule has 2 rings (SSSR count). The minimum atomic E-state index is -1.93. The van der Waals surface area contributed by atoms with Crippen LogP contribution in [0.15, 0.2) is 30.3 Å². The molecule has 132 valence electrons. The lowest BCUT2D eigenvalue weighted by Gasteiger charge is -2.14. The molecule has 0 heterocycles. The first-order valence-corrected chi connectivity index (χ1v) is 6.96. The van der Waals surface area contributed by atoms with Gasteiger partial charge in [0.25, 0.3) is 11.8 Å².